The Hall–Kier alpha value is -1.85. The second-order valence-corrected chi connectivity index (χ2v) is 4.37. The summed E-state index contributed by atoms with van der Waals surface area (Å²) in [5.41, 5.74) is 0.501. The number of amides is 1. The molecule has 0 aliphatic carbocycles. The predicted molar refractivity (Wildman–Crippen MR) is 73.0 cm³/mol. The minimum atomic E-state index is -0.187. The summed E-state index contributed by atoms with van der Waals surface area (Å²) in [5, 5.41) is 6.01. The molecule has 0 fully saturated rings. The Bertz CT molecular complexity index is 543. The van der Waals surface area contributed by atoms with E-state index in [1.807, 2.05) is 19.1 Å². The van der Waals surface area contributed by atoms with E-state index in [-0.39, 0.29) is 23.6 Å². The van der Waals surface area contributed by atoms with Gasteiger partial charge in [-0.05, 0) is 31.2 Å². The Morgan fingerprint density at radius 2 is 2.32 bits per heavy atom. The van der Waals surface area contributed by atoms with Gasteiger partial charge in [-0.3, -0.25) is 10.1 Å². The van der Waals surface area contributed by atoms with Crippen LogP contribution in [0.15, 0.2) is 41.1 Å². The summed E-state index contributed by atoms with van der Waals surface area (Å²) in [6.07, 6.45) is 3.16. The van der Waals surface area contributed by atoms with Crippen LogP contribution in [0.2, 0.25) is 5.15 Å². The van der Waals surface area contributed by atoms with Gasteiger partial charge in [0.2, 0.25) is 5.91 Å². The lowest BCUT2D eigenvalue weighted by molar-refractivity contribution is -0.115. The van der Waals surface area contributed by atoms with Crippen LogP contribution < -0.4 is 10.6 Å². The number of carbonyl (C=O) groups excluding carboxylic acids is 1. The van der Waals surface area contributed by atoms with Gasteiger partial charge >= 0.3 is 0 Å². The van der Waals surface area contributed by atoms with Gasteiger partial charge in [-0.15, -0.1) is 0 Å². The molecule has 1 amide bonds. The number of aromatic nitrogens is 1. The second kappa shape index (κ2) is 6.36. The number of carbonyl (C=O) groups is 1. The van der Waals surface area contributed by atoms with Gasteiger partial charge in [0, 0.05) is 6.20 Å². The smallest absolute Gasteiger partial charge is 0.238 e. The third-order valence-electron chi connectivity index (χ3n) is 2.57. The number of anilines is 1. The molecule has 2 aromatic rings. The molecular weight excluding hydrogens is 266 g/mol. The van der Waals surface area contributed by atoms with E-state index < -0.39 is 0 Å². The molecule has 2 aromatic heterocycles. The molecule has 2 heterocycles. The maximum atomic E-state index is 11.7. The van der Waals surface area contributed by atoms with Crippen LogP contribution in [-0.2, 0) is 4.79 Å². The molecule has 100 valence electrons. The molecule has 2 N–H and O–H groups in total. The number of furan rings is 1. The zero-order valence-electron chi connectivity index (χ0n) is 10.4. The molecule has 5 nitrogen and oxygen atoms in total. The van der Waals surface area contributed by atoms with Crippen LogP contribution >= 0.6 is 11.6 Å². The van der Waals surface area contributed by atoms with Crippen LogP contribution in [-0.4, -0.2) is 17.4 Å². The first-order valence-corrected chi connectivity index (χ1v) is 6.22. The number of nitrogens with zero attached hydrogens (tertiary/aromatic N) is 1. The summed E-state index contributed by atoms with van der Waals surface area (Å²) < 4.78 is 5.24. The van der Waals surface area contributed by atoms with E-state index in [0.29, 0.717) is 5.69 Å². The van der Waals surface area contributed by atoms with Gasteiger partial charge in [0.25, 0.3) is 0 Å². The molecule has 0 saturated heterocycles. The van der Waals surface area contributed by atoms with E-state index in [0.717, 1.165) is 5.76 Å². The number of nitrogens with one attached hydrogen (secondary N) is 2. The van der Waals surface area contributed by atoms with Gasteiger partial charge in [-0.2, -0.15) is 0 Å². The highest BCUT2D eigenvalue weighted by molar-refractivity contribution is 6.32. The van der Waals surface area contributed by atoms with E-state index in [4.69, 9.17) is 16.0 Å². The largest absolute Gasteiger partial charge is 0.468 e. The molecule has 0 radical (unpaired) electrons. The predicted octanol–water partition coefficient (Wildman–Crippen LogP) is 2.62. The fourth-order valence-corrected chi connectivity index (χ4v) is 1.72. The average Bonchev–Trinajstić information content (AvgIpc) is 2.93. The molecule has 2 rings (SSSR count). The first-order valence-electron chi connectivity index (χ1n) is 5.84. The van der Waals surface area contributed by atoms with Crippen molar-refractivity contribution >= 4 is 23.2 Å². The summed E-state index contributed by atoms with van der Waals surface area (Å²) in [4.78, 5) is 15.6. The van der Waals surface area contributed by atoms with Crippen LogP contribution in [0.4, 0.5) is 5.69 Å². The van der Waals surface area contributed by atoms with Crippen LogP contribution in [0.3, 0.4) is 0 Å². The first kappa shape index (κ1) is 13.6. The lowest BCUT2D eigenvalue weighted by atomic mass is 10.2. The number of hydrogen-bond acceptors (Lipinski definition) is 4. The van der Waals surface area contributed by atoms with Crippen molar-refractivity contribution in [1.82, 2.24) is 10.3 Å². The molecule has 0 aliphatic heterocycles. The maximum absolute atomic E-state index is 11.7. The van der Waals surface area contributed by atoms with Crippen molar-refractivity contribution in [3.8, 4) is 0 Å². The van der Waals surface area contributed by atoms with Gasteiger partial charge in [-0.1, -0.05) is 11.6 Å². The summed E-state index contributed by atoms with van der Waals surface area (Å²) in [7, 11) is 0. The van der Waals surface area contributed by atoms with Crippen LogP contribution in [0.5, 0.6) is 0 Å². The van der Waals surface area contributed by atoms with Crippen molar-refractivity contribution in [3.05, 3.63) is 47.6 Å². The number of halogens is 1. The molecule has 1 atom stereocenters. The molecule has 19 heavy (non-hydrogen) atoms. The van der Waals surface area contributed by atoms with E-state index in [2.05, 4.69) is 15.6 Å². The zero-order chi connectivity index (χ0) is 13.7. The highest BCUT2D eigenvalue weighted by Crippen LogP contribution is 2.17. The Morgan fingerprint density at radius 3 is 3.00 bits per heavy atom. The van der Waals surface area contributed by atoms with Gasteiger partial charge in [0.05, 0.1) is 24.5 Å². The minimum absolute atomic E-state index is 0.0369. The van der Waals surface area contributed by atoms with Crippen LogP contribution in [0, 0.1) is 0 Å². The average molecular weight is 280 g/mol. The van der Waals surface area contributed by atoms with Crippen molar-refractivity contribution in [2.75, 3.05) is 11.9 Å². The van der Waals surface area contributed by atoms with E-state index in [9.17, 15) is 4.79 Å². The number of hydrogen-bond donors (Lipinski definition) is 2. The Kier molecular flexibility index (Phi) is 4.54. The normalized spacial score (nSPS) is 12.1. The summed E-state index contributed by atoms with van der Waals surface area (Å²) in [6, 6.07) is 7.03. The standard InChI is InChI=1S/C13H14ClN3O2/c1-9(11-5-3-7-19-11)16-8-12(18)17-10-4-2-6-15-13(10)14/h2-7,9,16H,8H2,1H3,(H,17,18)/t9-/m0/s1. The summed E-state index contributed by atoms with van der Waals surface area (Å²) in [6.45, 7) is 2.08. The highest BCUT2D eigenvalue weighted by Gasteiger charge is 2.10. The Balaban J connectivity index is 1.84. The molecule has 0 aromatic carbocycles. The van der Waals surface area contributed by atoms with Crippen molar-refractivity contribution in [1.29, 1.82) is 0 Å². The zero-order valence-corrected chi connectivity index (χ0v) is 11.1. The number of rotatable bonds is 5. The van der Waals surface area contributed by atoms with Crippen molar-refractivity contribution in [2.45, 2.75) is 13.0 Å². The minimum Gasteiger partial charge on any atom is -0.468 e. The highest BCUT2D eigenvalue weighted by atomic mass is 35.5. The lowest BCUT2D eigenvalue weighted by Gasteiger charge is -2.11. The fourth-order valence-electron chi connectivity index (χ4n) is 1.56. The summed E-state index contributed by atoms with van der Waals surface area (Å²) in [5.74, 6) is 0.598. The second-order valence-electron chi connectivity index (χ2n) is 4.01. The monoisotopic (exact) mass is 279 g/mol. The molecule has 0 saturated carbocycles. The molecule has 6 heteroatoms. The van der Waals surface area contributed by atoms with E-state index in [1.54, 1.807) is 24.6 Å². The van der Waals surface area contributed by atoms with Gasteiger partial charge in [0.1, 0.15) is 5.76 Å². The molecule has 0 bridgehead atoms. The Morgan fingerprint density at radius 1 is 1.47 bits per heavy atom. The quantitative estimate of drug-likeness (QED) is 0.826. The third kappa shape index (κ3) is 3.81. The number of pyridine rings is 1. The van der Waals surface area contributed by atoms with Gasteiger partial charge < -0.3 is 9.73 Å². The molecule has 0 spiro atoms. The summed E-state index contributed by atoms with van der Waals surface area (Å²) >= 11 is 5.85. The van der Waals surface area contributed by atoms with E-state index in [1.165, 1.54) is 0 Å². The maximum Gasteiger partial charge on any atom is 0.238 e. The van der Waals surface area contributed by atoms with E-state index >= 15 is 0 Å². The first-order chi connectivity index (χ1) is 9.16. The van der Waals surface area contributed by atoms with Crippen LogP contribution in [0.25, 0.3) is 0 Å². The third-order valence-corrected chi connectivity index (χ3v) is 2.87. The van der Waals surface area contributed by atoms with Gasteiger partial charge in [0.15, 0.2) is 5.15 Å². The molecule has 0 aliphatic rings. The lowest BCUT2D eigenvalue weighted by Crippen LogP contribution is -2.30. The molecule has 0 unspecified atom stereocenters. The SMILES string of the molecule is C[C@H](NCC(=O)Nc1cccnc1Cl)c1ccco1. The van der Waals surface area contributed by atoms with Crippen molar-refractivity contribution in [2.24, 2.45) is 0 Å². The molecular formula is C13H14ClN3O2. The fraction of sp³-hybridized carbons (Fsp3) is 0.231. The Labute approximate surface area is 116 Å². The van der Waals surface area contributed by atoms with Crippen LogP contribution in [0.1, 0.15) is 18.7 Å². The van der Waals surface area contributed by atoms with Crippen molar-refractivity contribution in [3.63, 3.8) is 0 Å². The van der Waals surface area contributed by atoms with Crippen molar-refractivity contribution < 1.29 is 9.21 Å². The van der Waals surface area contributed by atoms with Gasteiger partial charge in [-0.25, -0.2) is 4.98 Å². The topological polar surface area (TPSA) is 67.2 Å².